The van der Waals surface area contributed by atoms with Crippen LogP contribution in [-0.4, -0.2) is 34.4 Å². The van der Waals surface area contributed by atoms with E-state index in [1.54, 1.807) is 0 Å². The van der Waals surface area contributed by atoms with Crippen LogP contribution in [0.3, 0.4) is 0 Å². The van der Waals surface area contributed by atoms with Crippen LogP contribution < -0.4 is 10.6 Å². The summed E-state index contributed by atoms with van der Waals surface area (Å²) in [6.45, 7) is 1.57. The molecular formula is C9H12BrN3O3. The third-order valence-corrected chi connectivity index (χ3v) is 2.01. The second-order valence-electron chi connectivity index (χ2n) is 3.15. The Morgan fingerprint density at radius 2 is 1.50 bits per heavy atom. The zero-order valence-corrected chi connectivity index (χ0v) is 9.98. The first-order chi connectivity index (χ1) is 7.16. The highest BCUT2D eigenvalue weighted by Gasteiger charge is 2.09. The molecular weight excluding hydrogens is 278 g/mol. The molecule has 0 saturated carbocycles. The number of nitrogens with zero attached hydrogens (tertiary/aromatic N) is 1. The second kappa shape index (κ2) is 4.93. The first kappa shape index (κ1) is 12.4. The van der Waals surface area contributed by atoms with Gasteiger partial charge in [0, 0.05) is 25.2 Å². The minimum Gasteiger partial charge on any atom is -0.504 e. The Bertz CT molecular complexity index is 391. The lowest BCUT2D eigenvalue weighted by Gasteiger charge is -2.03. The predicted molar refractivity (Wildman–Crippen MR) is 64.9 cm³/mol. The molecule has 0 bridgehead atoms. The van der Waals surface area contributed by atoms with Crippen molar-refractivity contribution >= 4 is 28.6 Å². The van der Waals surface area contributed by atoms with Crippen molar-refractivity contribution in [1.29, 1.82) is 0 Å². The largest absolute Gasteiger partial charge is 0.504 e. The van der Waals surface area contributed by atoms with Crippen LogP contribution in [0.25, 0.3) is 0 Å². The maximum absolute atomic E-state index is 9.23. The normalized spacial score (nSPS) is 13.6. The average Bonchev–Trinajstić information content (AvgIpc) is 2.66. The molecule has 7 heteroatoms. The van der Waals surface area contributed by atoms with Gasteiger partial charge in [0.05, 0.1) is 5.69 Å². The number of hydrogen-bond donors (Lipinski definition) is 5. The number of nitrogens with one attached hydrogen (secondary N) is 2. The van der Waals surface area contributed by atoms with Gasteiger partial charge in [0.25, 0.3) is 0 Å². The van der Waals surface area contributed by atoms with Gasteiger partial charge >= 0.3 is 0 Å². The van der Waals surface area contributed by atoms with Crippen LogP contribution in [0, 0.1) is 0 Å². The fourth-order valence-electron chi connectivity index (χ4n) is 1.29. The monoisotopic (exact) mass is 289 g/mol. The highest BCUT2D eigenvalue weighted by molar-refractivity contribution is 8.93. The summed E-state index contributed by atoms with van der Waals surface area (Å²) >= 11 is 0. The molecule has 2 rings (SSSR count). The first-order valence-electron chi connectivity index (χ1n) is 4.48. The van der Waals surface area contributed by atoms with E-state index in [0.717, 1.165) is 13.1 Å². The molecule has 1 heterocycles. The molecule has 1 aliphatic rings. The van der Waals surface area contributed by atoms with Gasteiger partial charge in [-0.25, -0.2) is 4.99 Å². The average molecular weight is 290 g/mol. The highest BCUT2D eigenvalue weighted by Crippen LogP contribution is 2.38. The number of hydrogen-bond acceptors (Lipinski definition) is 4. The van der Waals surface area contributed by atoms with Gasteiger partial charge in [-0.1, -0.05) is 0 Å². The van der Waals surface area contributed by atoms with E-state index in [1.165, 1.54) is 12.1 Å². The number of halogens is 1. The third kappa shape index (κ3) is 2.48. The molecule has 16 heavy (non-hydrogen) atoms. The summed E-state index contributed by atoms with van der Waals surface area (Å²) in [4.78, 5) is 4.08. The van der Waals surface area contributed by atoms with Crippen molar-refractivity contribution < 1.29 is 15.3 Å². The molecule has 6 nitrogen and oxygen atoms in total. The molecule has 0 radical (unpaired) electrons. The molecule has 1 saturated heterocycles. The molecule has 1 fully saturated rings. The van der Waals surface area contributed by atoms with Crippen LogP contribution in [0.1, 0.15) is 0 Å². The molecule has 88 valence electrons. The number of phenols is 3. The van der Waals surface area contributed by atoms with Crippen LogP contribution in [0.15, 0.2) is 17.1 Å². The van der Waals surface area contributed by atoms with Crippen molar-refractivity contribution in [2.75, 3.05) is 13.1 Å². The summed E-state index contributed by atoms with van der Waals surface area (Å²) in [7, 11) is 0. The topological polar surface area (TPSA) is 97.1 Å². The summed E-state index contributed by atoms with van der Waals surface area (Å²) in [5, 5.41) is 33.5. The van der Waals surface area contributed by atoms with Crippen molar-refractivity contribution in [2.45, 2.75) is 0 Å². The molecule has 1 aliphatic heterocycles. The lowest BCUT2D eigenvalue weighted by molar-refractivity contribution is 0.368. The standard InChI is InChI=1S/C9H11N3O3.BrH/c13-6-3-5(4-7(14)8(6)15)12-9-10-1-2-11-9;/h3-4,13-15H,1-2H2,(H2,10,11,12);1H. The zero-order chi connectivity index (χ0) is 10.8. The number of guanidine groups is 1. The Hall–Kier alpha value is -1.63. The van der Waals surface area contributed by atoms with E-state index in [1.807, 2.05) is 0 Å². The van der Waals surface area contributed by atoms with Crippen molar-refractivity contribution in [2.24, 2.45) is 4.99 Å². The molecule has 5 N–H and O–H groups in total. The summed E-state index contributed by atoms with van der Waals surface area (Å²) in [6, 6.07) is 2.54. The van der Waals surface area contributed by atoms with Crippen molar-refractivity contribution in [3.8, 4) is 17.2 Å². The number of phenolic OH excluding ortho intramolecular Hbond substituents is 3. The number of aliphatic imine (C=N–C) groups is 1. The smallest absolute Gasteiger partial charge is 0.200 e. The maximum atomic E-state index is 9.23. The van der Waals surface area contributed by atoms with Gasteiger partial charge in [-0.05, 0) is 0 Å². The number of benzene rings is 1. The lowest BCUT2D eigenvalue weighted by atomic mass is 10.2. The summed E-state index contributed by atoms with van der Waals surface area (Å²) in [5.41, 5.74) is 0.361. The molecule has 1 aromatic rings. The number of aromatic hydroxyl groups is 3. The fourth-order valence-corrected chi connectivity index (χ4v) is 1.29. The van der Waals surface area contributed by atoms with Crippen LogP contribution in [0.4, 0.5) is 5.69 Å². The molecule has 0 unspecified atom stereocenters. The third-order valence-electron chi connectivity index (χ3n) is 2.01. The van der Waals surface area contributed by atoms with E-state index in [9.17, 15) is 10.2 Å². The van der Waals surface area contributed by atoms with Gasteiger partial charge in [-0.2, -0.15) is 0 Å². The Kier molecular flexibility index (Phi) is 3.83. The van der Waals surface area contributed by atoms with Crippen LogP contribution >= 0.6 is 17.0 Å². The fraction of sp³-hybridized carbons (Fsp3) is 0.222. The van der Waals surface area contributed by atoms with E-state index in [0.29, 0.717) is 11.6 Å². The van der Waals surface area contributed by atoms with Gasteiger partial charge < -0.3 is 26.0 Å². The molecule has 0 aromatic heterocycles. The number of rotatable bonds is 1. The summed E-state index contributed by atoms with van der Waals surface area (Å²) in [5.74, 6) is -0.745. The summed E-state index contributed by atoms with van der Waals surface area (Å²) in [6.07, 6.45) is 0. The van der Waals surface area contributed by atoms with E-state index < -0.39 is 17.2 Å². The Morgan fingerprint density at radius 1 is 1.00 bits per heavy atom. The van der Waals surface area contributed by atoms with Crippen LogP contribution in [-0.2, 0) is 0 Å². The van der Waals surface area contributed by atoms with Gasteiger partial charge in [0.1, 0.15) is 0 Å². The lowest BCUT2D eigenvalue weighted by Crippen LogP contribution is -2.23. The summed E-state index contributed by atoms with van der Waals surface area (Å²) < 4.78 is 0. The van der Waals surface area contributed by atoms with E-state index in [2.05, 4.69) is 15.6 Å². The quantitative estimate of drug-likeness (QED) is 0.487. The minimum atomic E-state index is -0.536. The van der Waals surface area contributed by atoms with E-state index in [4.69, 9.17) is 5.11 Å². The molecule has 0 aliphatic carbocycles. The van der Waals surface area contributed by atoms with Gasteiger partial charge in [-0.3, -0.25) is 0 Å². The minimum absolute atomic E-state index is 0. The molecule has 1 aromatic carbocycles. The maximum Gasteiger partial charge on any atom is 0.200 e. The van der Waals surface area contributed by atoms with Gasteiger partial charge in [0.15, 0.2) is 23.2 Å². The predicted octanol–water partition coefficient (Wildman–Crippen LogP) is 0.562. The van der Waals surface area contributed by atoms with Gasteiger partial charge in [0.2, 0.25) is 0 Å². The highest BCUT2D eigenvalue weighted by atomic mass is 79.9. The van der Waals surface area contributed by atoms with Crippen molar-refractivity contribution in [1.82, 2.24) is 10.6 Å². The van der Waals surface area contributed by atoms with E-state index in [-0.39, 0.29) is 17.0 Å². The Balaban J connectivity index is 0.00000128. The van der Waals surface area contributed by atoms with Crippen molar-refractivity contribution in [3.05, 3.63) is 12.1 Å². The van der Waals surface area contributed by atoms with Gasteiger partial charge in [-0.15, -0.1) is 17.0 Å². The Morgan fingerprint density at radius 3 is 2.00 bits per heavy atom. The first-order valence-corrected chi connectivity index (χ1v) is 4.48. The van der Waals surface area contributed by atoms with E-state index >= 15 is 0 Å². The molecule has 0 atom stereocenters. The second-order valence-corrected chi connectivity index (χ2v) is 3.15. The zero-order valence-electron chi connectivity index (χ0n) is 8.27. The van der Waals surface area contributed by atoms with Crippen LogP contribution in [0.2, 0.25) is 0 Å². The van der Waals surface area contributed by atoms with Crippen molar-refractivity contribution in [3.63, 3.8) is 0 Å². The molecule has 0 amide bonds. The molecule has 0 spiro atoms. The Labute approximate surface area is 102 Å². The van der Waals surface area contributed by atoms with Crippen LogP contribution in [0.5, 0.6) is 17.2 Å². The SMILES string of the molecule is Br.Oc1cc(N=C2NCCN2)cc(O)c1O.